The van der Waals surface area contributed by atoms with Crippen molar-refractivity contribution >= 4 is 75.8 Å². The number of rotatable bonds is 2. The average Bonchev–Trinajstić information content (AvgIpc) is 3.01. The third-order valence-corrected chi connectivity index (χ3v) is 7.45. The summed E-state index contributed by atoms with van der Waals surface area (Å²) in [5.41, 5.74) is 0. The summed E-state index contributed by atoms with van der Waals surface area (Å²) in [6.07, 6.45) is 4.27. The minimum absolute atomic E-state index is 1.35. The molecule has 0 atom stereocenters. The molecule has 2 aromatic heterocycles. The number of thioether (sulfide) groups is 2. The van der Waals surface area contributed by atoms with Crippen LogP contribution in [0.1, 0.15) is 0 Å². The quantitative estimate of drug-likeness (QED) is 0.374. The third kappa shape index (κ3) is 1.90. The highest BCUT2D eigenvalue weighted by Gasteiger charge is 2.12. The number of thiophene rings is 2. The third-order valence-electron chi connectivity index (χ3n) is 3.50. The van der Waals surface area contributed by atoms with Gasteiger partial charge < -0.3 is 0 Å². The minimum Gasteiger partial charge on any atom is -0.134 e. The Hall–Kier alpha value is -0.680. The molecular weight excluding hydrogens is 320 g/mol. The molecule has 100 valence electrons. The predicted molar refractivity (Wildman–Crippen MR) is 98.3 cm³/mol. The second-order valence-electron chi connectivity index (χ2n) is 4.59. The van der Waals surface area contributed by atoms with E-state index in [9.17, 15) is 0 Å². The molecule has 4 heteroatoms. The Morgan fingerprint density at radius 1 is 0.700 bits per heavy atom. The van der Waals surface area contributed by atoms with Crippen LogP contribution in [0.2, 0.25) is 0 Å². The molecule has 2 aromatic carbocycles. The number of fused-ring (bicyclic) bond motifs is 5. The first-order valence-corrected chi connectivity index (χ1v) is 10.3. The van der Waals surface area contributed by atoms with Gasteiger partial charge in [0.05, 0.1) is 9.40 Å². The Labute approximate surface area is 134 Å². The molecule has 0 nitrogen and oxygen atoms in total. The molecule has 0 aliphatic rings. The lowest BCUT2D eigenvalue weighted by Crippen LogP contribution is -1.68. The lowest BCUT2D eigenvalue weighted by atomic mass is 10.2. The van der Waals surface area contributed by atoms with E-state index >= 15 is 0 Å². The number of benzene rings is 2. The molecular formula is C16H12S4. The van der Waals surface area contributed by atoms with Gasteiger partial charge in [-0.1, -0.05) is 12.1 Å². The largest absolute Gasteiger partial charge is 0.134 e. The average molecular weight is 333 g/mol. The van der Waals surface area contributed by atoms with Gasteiger partial charge >= 0.3 is 0 Å². The Balaban J connectivity index is 2.08. The molecule has 0 amide bonds. The fourth-order valence-electron chi connectivity index (χ4n) is 2.47. The van der Waals surface area contributed by atoms with Crippen LogP contribution in [0, 0.1) is 0 Å². The maximum Gasteiger partial charge on any atom is 0.0542 e. The molecule has 0 fully saturated rings. The van der Waals surface area contributed by atoms with Gasteiger partial charge in [0.25, 0.3) is 0 Å². The van der Waals surface area contributed by atoms with E-state index in [4.69, 9.17) is 0 Å². The summed E-state index contributed by atoms with van der Waals surface area (Å²) in [6, 6.07) is 13.7. The molecule has 4 aromatic rings. The molecule has 20 heavy (non-hydrogen) atoms. The van der Waals surface area contributed by atoms with E-state index in [0.717, 1.165) is 0 Å². The standard InChI is InChI=1S/C16H12S4/c1-17-9-3-5-11-13(7-9)19-16-12-6-4-10(18-2)8-14(12)20-15(11)16/h3-8H,1-2H3. The second kappa shape index (κ2) is 4.95. The summed E-state index contributed by atoms with van der Waals surface area (Å²) >= 11 is 7.49. The van der Waals surface area contributed by atoms with E-state index in [1.807, 2.05) is 46.2 Å². The Kier molecular flexibility index (Phi) is 3.22. The number of hydrogen-bond acceptors (Lipinski definition) is 4. The van der Waals surface area contributed by atoms with Crippen molar-refractivity contribution in [2.75, 3.05) is 12.5 Å². The van der Waals surface area contributed by atoms with Crippen molar-refractivity contribution in [2.45, 2.75) is 9.79 Å². The van der Waals surface area contributed by atoms with Crippen molar-refractivity contribution in [1.29, 1.82) is 0 Å². The van der Waals surface area contributed by atoms with E-state index in [2.05, 4.69) is 48.9 Å². The zero-order valence-corrected chi connectivity index (χ0v) is 14.4. The van der Waals surface area contributed by atoms with Crippen molar-refractivity contribution in [1.82, 2.24) is 0 Å². The van der Waals surface area contributed by atoms with Gasteiger partial charge in [-0.15, -0.1) is 46.2 Å². The van der Waals surface area contributed by atoms with Crippen LogP contribution >= 0.6 is 46.2 Å². The van der Waals surface area contributed by atoms with E-state index in [0.29, 0.717) is 0 Å². The molecule has 0 saturated heterocycles. The summed E-state index contributed by atoms with van der Waals surface area (Å²) < 4.78 is 5.72. The van der Waals surface area contributed by atoms with Crippen molar-refractivity contribution < 1.29 is 0 Å². The van der Waals surface area contributed by atoms with Crippen molar-refractivity contribution in [3.05, 3.63) is 36.4 Å². The summed E-state index contributed by atoms with van der Waals surface area (Å²) in [6.45, 7) is 0. The van der Waals surface area contributed by atoms with E-state index < -0.39 is 0 Å². The van der Waals surface area contributed by atoms with Crippen LogP contribution in [0.4, 0.5) is 0 Å². The first-order valence-electron chi connectivity index (χ1n) is 6.27. The van der Waals surface area contributed by atoms with E-state index in [1.165, 1.54) is 39.4 Å². The molecule has 2 heterocycles. The van der Waals surface area contributed by atoms with Gasteiger partial charge in [-0.25, -0.2) is 0 Å². The highest BCUT2D eigenvalue weighted by molar-refractivity contribution is 7.98. The first kappa shape index (κ1) is 13.0. The zero-order valence-electron chi connectivity index (χ0n) is 11.1. The predicted octanol–water partition coefficient (Wildman–Crippen LogP) is 6.71. The van der Waals surface area contributed by atoms with Crippen LogP contribution < -0.4 is 0 Å². The SMILES string of the molecule is CSc1ccc2c(c1)sc1c3ccc(SC)cc3sc21. The van der Waals surface area contributed by atoms with Gasteiger partial charge in [-0.05, 0) is 36.8 Å². The molecule has 4 rings (SSSR count). The smallest absolute Gasteiger partial charge is 0.0542 e. The zero-order chi connectivity index (χ0) is 13.7. The maximum absolute atomic E-state index is 2.32. The minimum atomic E-state index is 1.35. The van der Waals surface area contributed by atoms with Crippen LogP contribution in [-0.4, -0.2) is 12.5 Å². The summed E-state index contributed by atoms with van der Waals surface area (Å²) in [7, 11) is 0. The maximum atomic E-state index is 2.32. The molecule has 0 aliphatic heterocycles. The van der Waals surface area contributed by atoms with Crippen LogP contribution in [0.5, 0.6) is 0 Å². The van der Waals surface area contributed by atoms with Crippen molar-refractivity contribution in [2.24, 2.45) is 0 Å². The highest BCUT2D eigenvalue weighted by Crippen LogP contribution is 2.45. The monoisotopic (exact) mass is 332 g/mol. The van der Waals surface area contributed by atoms with Gasteiger partial charge in [-0.3, -0.25) is 0 Å². The van der Waals surface area contributed by atoms with Crippen LogP contribution in [0.25, 0.3) is 29.6 Å². The molecule has 0 radical (unpaired) electrons. The van der Waals surface area contributed by atoms with Crippen molar-refractivity contribution in [3.8, 4) is 0 Å². The topological polar surface area (TPSA) is 0 Å². The fourth-order valence-corrected chi connectivity index (χ4v) is 6.23. The molecule has 0 aliphatic carbocycles. The molecule has 0 unspecified atom stereocenters. The Bertz CT molecular complexity index is 852. The summed E-state index contributed by atoms with van der Waals surface area (Å²) in [5.74, 6) is 0. The van der Waals surface area contributed by atoms with E-state index in [-0.39, 0.29) is 0 Å². The Morgan fingerprint density at radius 2 is 1.15 bits per heavy atom. The Morgan fingerprint density at radius 3 is 1.55 bits per heavy atom. The molecule has 0 bridgehead atoms. The second-order valence-corrected chi connectivity index (χ2v) is 8.45. The lowest BCUT2D eigenvalue weighted by Gasteiger charge is -1.96. The van der Waals surface area contributed by atoms with Gasteiger partial charge in [0.1, 0.15) is 0 Å². The fraction of sp³-hybridized carbons (Fsp3) is 0.125. The van der Waals surface area contributed by atoms with Crippen LogP contribution in [-0.2, 0) is 0 Å². The van der Waals surface area contributed by atoms with E-state index in [1.54, 1.807) is 0 Å². The summed E-state index contributed by atoms with van der Waals surface area (Å²) in [4.78, 5) is 2.70. The molecule has 0 spiro atoms. The molecule has 0 saturated carbocycles. The van der Waals surface area contributed by atoms with Crippen LogP contribution in [0.15, 0.2) is 46.2 Å². The van der Waals surface area contributed by atoms with Gasteiger partial charge in [0.15, 0.2) is 0 Å². The van der Waals surface area contributed by atoms with Gasteiger partial charge in [-0.2, -0.15) is 0 Å². The highest BCUT2D eigenvalue weighted by atomic mass is 32.2. The summed E-state index contributed by atoms with van der Waals surface area (Å²) in [5, 5.41) is 2.82. The van der Waals surface area contributed by atoms with Gasteiger partial charge in [0.2, 0.25) is 0 Å². The normalized spacial score (nSPS) is 11.9. The number of hydrogen-bond donors (Lipinski definition) is 0. The van der Waals surface area contributed by atoms with Crippen LogP contribution in [0.3, 0.4) is 0 Å². The molecule has 0 N–H and O–H groups in total. The lowest BCUT2D eigenvalue weighted by molar-refractivity contribution is 1.53. The van der Waals surface area contributed by atoms with Crippen molar-refractivity contribution in [3.63, 3.8) is 0 Å². The first-order chi connectivity index (χ1) is 9.80. The van der Waals surface area contributed by atoms with Gasteiger partial charge in [0, 0.05) is 30.0 Å².